The molecule has 39 heavy (non-hydrogen) atoms. The number of nitrogens with one attached hydrogen (secondary N) is 2. The van der Waals surface area contributed by atoms with Gasteiger partial charge < -0.3 is 24.8 Å². The molecule has 1 amide bonds. The number of aromatic nitrogens is 2. The highest BCUT2D eigenvalue weighted by Crippen LogP contribution is 2.45. The largest absolute Gasteiger partial charge is 0.495 e. The average molecular weight is 581 g/mol. The van der Waals surface area contributed by atoms with Crippen molar-refractivity contribution in [2.45, 2.75) is 32.9 Å². The Bertz CT molecular complexity index is 1570. The van der Waals surface area contributed by atoms with Gasteiger partial charge in [-0.15, -0.1) is 0 Å². The summed E-state index contributed by atoms with van der Waals surface area (Å²) < 4.78 is 7.61. The molecule has 2 atom stereocenters. The summed E-state index contributed by atoms with van der Waals surface area (Å²) in [5.41, 5.74) is 6.14. The molecule has 1 aliphatic rings. The standard InChI is InChI=1S/C29H27Cl2N5O2S/c1-16-13-21(17(2)35(16)25-10-8-19(30)14-22(25)31)28-27(23-7-5-6-12-32-23)34-29(39)36(28)20-9-11-26(38-4)24(15-20)33-18(3)37/h5-15,27-28H,1-4H3,(H,33,37)(H,34,39)/t27-,28+/m0/s1. The van der Waals surface area contributed by atoms with Crippen molar-refractivity contribution in [2.24, 2.45) is 0 Å². The summed E-state index contributed by atoms with van der Waals surface area (Å²) in [6, 6.07) is 18.6. The Morgan fingerprint density at radius 2 is 1.90 bits per heavy atom. The van der Waals surface area contributed by atoms with Crippen LogP contribution in [-0.2, 0) is 4.79 Å². The number of benzene rings is 2. The van der Waals surface area contributed by atoms with Gasteiger partial charge in [-0.05, 0) is 86.2 Å². The number of nitrogens with zero attached hydrogens (tertiary/aromatic N) is 3. The SMILES string of the molecule is COc1ccc(N2C(=S)N[C@@H](c3ccccn3)[C@H]2c2cc(C)n(-c3ccc(Cl)cc3Cl)c2C)cc1NC(C)=O. The van der Waals surface area contributed by atoms with E-state index in [0.29, 0.717) is 26.6 Å². The van der Waals surface area contributed by atoms with Crippen LogP contribution in [0.3, 0.4) is 0 Å². The van der Waals surface area contributed by atoms with Crippen molar-refractivity contribution < 1.29 is 9.53 Å². The molecule has 2 N–H and O–H groups in total. The van der Waals surface area contributed by atoms with E-state index in [1.54, 1.807) is 19.4 Å². The lowest BCUT2D eigenvalue weighted by atomic mass is 9.96. The number of amides is 1. The molecular formula is C29H27Cl2N5O2S. The minimum atomic E-state index is -0.253. The first-order valence-corrected chi connectivity index (χ1v) is 13.5. The topological polar surface area (TPSA) is 71.4 Å². The molecule has 0 spiro atoms. The zero-order valence-corrected chi connectivity index (χ0v) is 24.2. The zero-order chi connectivity index (χ0) is 27.8. The molecule has 1 fully saturated rings. The second-order valence-corrected chi connectivity index (χ2v) is 10.6. The molecule has 200 valence electrons. The number of halogens is 2. The van der Waals surface area contributed by atoms with E-state index in [1.165, 1.54) is 6.92 Å². The van der Waals surface area contributed by atoms with Gasteiger partial charge in [0.05, 0.1) is 41.3 Å². The Hall–Kier alpha value is -3.59. The number of thiocarbonyl (C=S) groups is 1. The van der Waals surface area contributed by atoms with Crippen molar-refractivity contribution >= 4 is 57.8 Å². The Balaban J connectivity index is 1.69. The minimum Gasteiger partial charge on any atom is -0.495 e. The predicted molar refractivity (Wildman–Crippen MR) is 160 cm³/mol. The van der Waals surface area contributed by atoms with E-state index in [4.69, 9.17) is 40.2 Å². The maximum atomic E-state index is 11.9. The van der Waals surface area contributed by atoms with E-state index in [-0.39, 0.29) is 18.0 Å². The van der Waals surface area contributed by atoms with Crippen LogP contribution in [0.25, 0.3) is 5.69 Å². The summed E-state index contributed by atoms with van der Waals surface area (Å²) in [4.78, 5) is 18.6. The molecule has 0 bridgehead atoms. The highest BCUT2D eigenvalue weighted by atomic mass is 35.5. The number of hydrogen-bond acceptors (Lipinski definition) is 4. The Kier molecular flexibility index (Phi) is 7.53. The van der Waals surface area contributed by atoms with Crippen molar-refractivity contribution in [1.82, 2.24) is 14.9 Å². The third-order valence-corrected chi connectivity index (χ3v) is 7.66. The van der Waals surface area contributed by atoms with Crippen LogP contribution in [0.5, 0.6) is 5.75 Å². The van der Waals surface area contributed by atoms with E-state index in [9.17, 15) is 4.79 Å². The normalized spacial score (nSPS) is 16.8. The summed E-state index contributed by atoms with van der Waals surface area (Å²) in [6.45, 7) is 5.58. The van der Waals surface area contributed by atoms with Gasteiger partial charge in [0.1, 0.15) is 5.75 Å². The molecule has 7 nitrogen and oxygen atoms in total. The molecule has 1 aliphatic heterocycles. The molecule has 10 heteroatoms. The number of carbonyl (C=O) groups is 1. The van der Waals surface area contributed by atoms with Gasteiger partial charge in [0.2, 0.25) is 5.91 Å². The quantitative estimate of drug-likeness (QED) is 0.241. The third kappa shape index (κ3) is 5.07. The van der Waals surface area contributed by atoms with Crippen LogP contribution in [0.2, 0.25) is 10.0 Å². The Morgan fingerprint density at radius 1 is 1.10 bits per heavy atom. The van der Waals surface area contributed by atoms with Gasteiger partial charge in [-0.2, -0.15) is 0 Å². The Morgan fingerprint density at radius 3 is 2.56 bits per heavy atom. The molecule has 1 saturated heterocycles. The zero-order valence-electron chi connectivity index (χ0n) is 21.8. The number of pyridine rings is 1. The fraction of sp³-hybridized carbons (Fsp3) is 0.207. The van der Waals surface area contributed by atoms with Crippen LogP contribution in [0.15, 0.2) is 66.9 Å². The summed E-state index contributed by atoms with van der Waals surface area (Å²) in [7, 11) is 1.57. The monoisotopic (exact) mass is 579 g/mol. The number of rotatable bonds is 6. The van der Waals surface area contributed by atoms with Crippen molar-refractivity contribution in [1.29, 1.82) is 0 Å². The fourth-order valence-electron chi connectivity index (χ4n) is 5.20. The predicted octanol–water partition coefficient (Wildman–Crippen LogP) is 6.94. The van der Waals surface area contributed by atoms with Crippen molar-refractivity contribution in [3.8, 4) is 11.4 Å². The van der Waals surface area contributed by atoms with Crippen LogP contribution in [0.4, 0.5) is 11.4 Å². The first-order valence-electron chi connectivity index (χ1n) is 12.3. The Labute approximate surface area is 242 Å². The molecule has 3 heterocycles. The lowest BCUT2D eigenvalue weighted by Gasteiger charge is -2.29. The van der Waals surface area contributed by atoms with Crippen molar-refractivity contribution in [2.75, 3.05) is 17.3 Å². The van der Waals surface area contributed by atoms with Crippen LogP contribution in [-0.4, -0.2) is 27.7 Å². The molecule has 0 saturated carbocycles. The minimum absolute atomic E-state index is 0.195. The van der Waals surface area contributed by atoms with Crippen LogP contribution >= 0.6 is 35.4 Å². The lowest BCUT2D eigenvalue weighted by Crippen LogP contribution is -2.29. The fourth-order valence-corrected chi connectivity index (χ4v) is 6.04. The van der Waals surface area contributed by atoms with E-state index >= 15 is 0 Å². The van der Waals surface area contributed by atoms with Gasteiger partial charge in [-0.1, -0.05) is 29.3 Å². The van der Waals surface area contributed by atoms with Gasteiger partial charge in [0, 0.05) is 35.2 Å². The summed E-state index contributed by atoms with van der Waals surface area (Å²) >= 11 is 18.7. The van der Waals surface area contributed by atoms with Gasteiger partial charge in [-0.3, -0.25) is 9.78 Å². The maximum absolute atomic E-state index is 11.9. The second kappa shape index (κ2) is 10.9. The van der Waals surface area contributed by atoms with Crippen LogP contribution < -0.4 is 20.3 Å². The average Bonchev–Trinajstić information content (AvgIpc) is 3.39. The molecule has 0 aliphatic carbocycles. The summed E-state index contributed by atoms with van der Waals surface area (Å²) in [5, 5.41) is 8.04. The molecule has 5 rings (SSSR count). The van der Waals surface area contributed by atoms with Crippen molar-refractivity contribution in [3.63, 3.8) is 0 Å². The van der Waals surface area contributed by atoms with Crippen molar-refractivity contribution in [3.05, 3.63) is 99.6 Å². The van der Waals surface area contributed by atoms with E-state index in [2.05, 4.69) is 38.1 Å². The molecule has 0 radical (unpaired) electrons. The van der Waals surface area contributed by atoms with Crippen LogP contribution in [0.1, 0.15) is 41.7 Å². The molecule has 4 aromatic rings. The molecule has 2 aromatic heterocycles. The van der Waals surface area contributed by atoms with Gasteiger partial charge >= 0.3 is 0 Å². The number of carbonyl (C=O) groups excluding carboxylic acids is 1. The lowest BCUT2D eigenvalue weighted by molar-refractivity contribution is -0.114. The first kappa shape index (κ1) is 27.0. The number of ether oxygens (including phenoxy) is 1. The first-order chi connectivity index (χ1) is 18.7. The van der Waals surface area contributed by atoms with Gasteiger partial charge in [-0.25, -0.2) is 0 Å². The van der Waals surface area contributed by atoms with E-state index < -0.39 is 0 Å². The third-order valence-electron chi connectivity index (χ3n) is 6.81. The molecule has 2 aromatic carbocycles. The highest BCUT2D eigenvalue weighted by Gasteiger charge is 2.42. The highest BCUT2D eigenvalue weighted by molar-refractivity contribution is 7.80. The van der Waals surface area contributed by atoms with E-state index in [0.717, 1.165) is 34.0 Å². The number of hydrogen-bond donors (Lipinski definition) is 2. The summed E-state index contributed by atoms with van der Waals surface area (Å²) in [6.07, 6.45) is 1.78. The second-order valence-electron chi connectivity index (χ2n) is 9.32. The molecular weight excluding hydrogens is 553 g/mol. The van der Waals surface area contributed by atoms with Crippen LogP contribution in [0, 0.1) is 13.8 Å². The van der Waals surface area contributed by atoms with Gasteiger partial charge in [0.25, 0.3) is 0 Å². The smallest absolute Gasteiger partial charge is 0.221 e. The van der Waals surface area contributed by atoms with Gasteiger partial charge in [0.15, 0.2) is 5.11 Å². The molecule has 0 unspecified atom stereocenters. The number of anilines is 2. The number of methoxy groups -OCH3 is 1. The van der Waals surface area contributed by atoms with E-state index in [1.807, 2.05) is 55.5 Å². The number of aryl methyl sites for hydroxylation is 1. The summed E-state index contributed by atoms with van der Waals surface area (Å²) in [5.74, 6) is 0.360. The maximum Gasteiger partial charge on any atom is 0.221 e.